The standard InChI is InChI=1S/C15H10Cl2N2O2/c16-10-4-3-5-11(8-10)18-9-14(20)19(15(18)21)13-7-2-1-6-12(13)17/h1-8H,9H2. The molecule has 0 aromatic heterocycles. The Morgan fingerprint density at radius 2 is 1.71 bits per heavy atom. The van der Waals surface area contributed by atoms with E-state index in [4.69, 9.17) is 23.2 Å². The summed E-state index contributed by atoms with van der Waals surface area (Å²) in [6, 6.07) is 13.1. The van der Waals surface area contributed by atoms with Gasteiger partial charge in [-0.1, -0.05) is 41.4 Å². The fraction of sp³-hybridized carbons (Fsp3) is 0.0667. The van der Waals surface area contributed by atoms with Gasteiger partial charge in [0.15, 0.2) is 0 Å². The zero-order chi connectivity index (χ0) is 15.0. The van der Waals surface area contributed by atoms with Gasteiger partial charge in [0.1, 0.15) is 6.54 Å². The molecule has 1 heterocycles. The summed E-state index contributed by atoms with van der Waals surface area (Å²) < 4.78 is 0. The lowest BCUT2D eigenvalue weighted by molar-refractivity contribution is -0.115. The average Bonchev–Trinajstić information content (AvgIpc) is 2.75. The molecule has 106 valence electrons. The summed E-state index contributed by atoms with van der Waals surface area (Å²) in [6.07, 6.45) is 0. The highest BCUT2D eigenvalue weighted by atomic mass is 35.5. The molecule has 2 aromatic rings. The molecular weight excluding hydrogens is 311 g/mol. The van der Waals surface area contributed by atoms with Gasteiger partial charge in [-0.05, 0) is 30.3 Å². The van der Waals surface area contributed by atoms with Gasteiger partial charge in [0.25, 0.3) is 5.91 Å². The summed E-state index contributed by atoms with van der Waals surface area (Å²) in [5.74, 6) is -0.326. The van der Waals surface area contributed by atoms with Crippen LogP contribution in [0.1, 0.15) is 0 Å². The third-order valence-electron chi connectivity index (χ3n) is 3.18. The van der Waals surface area contributed by atoms with Crippen molar-refractivity contribution in [1.82, 2.24) is 0 Å². The molecule has 2 aromatic carbocycles. The topological polar surface area (TPSA) is 40.6 Å². The second-order valence-corrected chi connectivity index (χ2v) is 5.37. The zero-order valence-corrected chi connectivity index (χ0v) is 12.3. The molecule has 3 amide bonds. The number of halogens is 2. The maximum Gasteiger partial charge on any atom is 0.336 e. The van der Waals surface area contributed by atoms with Crippen LogP contribution in [0, 0.1) is 0 Å². The van der Waals surface area contributed by atoms with Gasteiger partial charge in [0.05, 0.1) is 10.7 Å². The summed E-state index contributed by atoms with van der Waals surface area (Å²) in [6.45, 7) is -0.0373. The minimum absolute atomic E-state index is 0.0373. The molecule has 1 aliphatic rings. The molecule has 21 heavy (non-hydrogen) atoms. The second-order valence-electron chi connectivity index (χ2n) is 4.53. The van der Waals surface area contributed by atoms with Crippen LogP contribution < -0.4 is 9.80 Å². The van der Waals surface area contributed by atoms with Crippen LogP contribution in [0.4, 0.5) is 16.2 Å². The van der Waals surface area contributed by atoms with Gasteiger partial charge in [-0.3, -0.25) is 9.69 Å². The molecule has 0 unspecified atom stereocenters. The van der Waals surface area contributed by atoms with Crippen molar-refractivity contribution in [2.75, 3.05) is 16.3 Å². The minimum Gasteiger partial charge on any atom is -0.284 e. The van der Waals surface area contributed by atoms with Gasteiger partial charge < -0.3 is 0 Å². The van der Waals surface area contributed by atoms with Gasteiger partial charge in [-0.25, -0.2) is 9.69 Å². The molecule has 0 atom stereocenters. The fourth-order valence-electron chi connectivity index (χ4n) is 2.22. The Balaban J connectivity index is 1.98. The van der Waals surface area contributed by atoms with Gasteiger partial charge in [0, 0.05) is 10.7 Å². The lowest BCUT2D eigenvalue weighted by Crippen LogP contribution is -2.33. The Morgan fingerprint density at radius 3 is 2.43 bits per heavy atom. The van der Waals surface area contributed by atoms with E-state index in [1.807, 2.05) is 0 Å². The van der Waals surface area contributed by atoms with Crippen molar-refractivity contribution in [2.45, 2.75) is 0 Å². The number of nitrogens with zero attached hydrogens (tertiary/aromatic N) is 2. The highest BCUT2D eigenvalue weighted by molar-refractivity contribution is 6.37. The van der Waals surface area contributed by atoms with Crippen molar-refractivity contribution < 1.29 is 9.59 Å². The zero-order valence-electron chi connectivity index (χ0n) is 10.8. The van der Waals surface area contributed by atoms with Crippen molar-refractivity contribution >= 4 is 46.5 Å². The molecule has 0 bridgehead atoms. The Hall–Kier alpha value is -2.04. The van der Waals surface area contributed by atoms with E-state index >= 15 is 0 Å². The SMILES string of the molecule is O=C1CN(c2cccc(Cl)c2)C(=O)N1c1ccccc1Cl. The number of amides is 3. The molecule has 1 saturated heterocycles. The predicted molar refractivity (Wildman–Crippen MR) is 83.1 cm³/mol. The van der Waals surface area contributed by atoms with E-state index in [2.05, 4.69) is 0 Å². The molecule has 1 fully saturated rings. The smallest absolute Gasteiger partial charge is 0.284 e. The maximum absolute atomic E-state index is 12.5. The first-order chi connectivity index (χ1) is 10.1. The van der Waals surface area contributed by atoms with Crippen LogP contribution in [0.3, 0.4) is 0 Å². The number of urea groups is 1. The van der Waals surface area contributed by atoms with Crippen LogP contribution >= 0.6 is 23.2 Å². The minimum atomic E-state index is -0.435. The molecule has 3 rings (SSSR count). The van der Waals surface area contributed by atoms with Crippen LogP contribution in [-0.2, 0) is 4.79 Å². The number of anilines is 2. The molecular formula is C15H10Cl2N2O2. The average molecular weight is 321 g/mol. The molecule has 0 aliphatic carbocycles. The van der Waals surface area contributed by atoms with Crippen LogP contribution in [0.15, 0.2) is 48.5 Å². The lowest BCUT2D eigenvalue weighted by Gasteiger charge is -2.18. The maximum atomic E-state index is 12.5. The largest absolute Gasteiger partial charge is 0.336 e. The van der Waals surface area contributed by atoms with E-state index in [9.17, 15) is 9.59 Å². The number of para-hydroxylation sites is 1. The number of hydrogen-bond donors (Lipinski definition) is 0. The molecule has 0 radical (unpaired) electrons. The van der Waals surface area contributed by atoms with E-state index in [0.29, 0.717) is 21.4 Å². The van der Waals surface area contributed by atoms with Gasteiger partial charge in [-0.2, -0.15) is 0 Å². The second kappa shape index (κ2) is 5.39. The number of carbonyl (C=O) groups excluding carboxylic acids is 2. The molecule has 6 heteroatoms. The molecule has 0 N–H and O–H groups in total. The van der Waals surface area contributed by atoms with Gasteiger partial charge >= 0.3 is 6.03 Å². The van der Waals surface area contributed by atoms with Crippen LogP contribution in [-0.4, -0.2) is 18.5 Å². The van der Waals surface area contributed by atoms with Crippen molar-refractivity contribution in [3.8, 4) is 0 Å². The molecule has 4 nitrogen and oxygen atoms in total. The first kappa shape index (κ1) is 13.9. The first-order valence-electron chi connectivity index (χ1n) is 6.22. The first-order valence-corrected chi connectivity index (χ1v) is 6.98. The number of rotatable bonds is 2. The quantitative estimate of drug-likeness (QED) is 0.785. The van der Waals surface area contributed by atoms with Gasteiger partial charge in [0.2, 0.25) is 0 Å². The van der Waals surface area contributed by atoms with E-state index < -0.39 is 6.03 Å². The summed E-state index contributed by atoms with van der Waals surface area (Å²) in [4.78, 5) is 27.1. The fourth-order valence-corrected chi connectivity index (χ4v) is 2.62. The van der Waals surface area contributed by atoms with Crippen LogP contribution in [0.25, 0.3) is 0 Å². The molecule has 1 aliphatic heterocycles. The van der Waals surface area contributed by atoms with E-state index in [1.54, 1.807) is 48.5 Å². The highest BCUT2D eigenvalue weighted by Crippen LogP contribution is 2.31. The third-order valence-corrected chi connectivity index (χ3v) is 3.73. The summed E-state index contributed by atoms with van der Waals surface area (Å²) in [5.41, 5.74) is 0.967. The van der Waals surface area contributed by atoms with Crippen molar-refractivity contribution in [3.63, 3.8) is 0 Å². The van der Waals surface area contributed by atoms with E-state index in [-0.39, 0.29) is 12.5 Å². The third kappa shape index (κ3) is 2.48. The molecule has 0 spiro atoms. The van der Waals surface area contributed by atoms with Crippen molar-refractivity contribution in [1.29, 1.82) is 0 Å². The monoisotopic (exact) mass is 320 g/mol. The summed E-state index contributed by atoms with van der Waals surface area (Å²) in [7, 11) is 0. The van der Waals surface area contributed by atoms with Crippen LogP contribution in [0.2, 0.25) is 10.0 Å². The Morgan fingerprint density at radius 1 is 0.952 bits per heavy atom. The number of carbonyl (C=O) groups is 2. The normalized spacial score (nSPS) is 15.0. The Labute approximate surface area is 131 Å². The number of benzene rings is 2. The molecule has 0 saturated carbocycles. The van der Waals surface area contributed by atoms with Crippen LogP contribution in [0.5, 0.6) is 0 Å². The van der Waals surface area contributed by atoms with Gasteiger partial charge in [-0.15, -0.1) is 0 Å². The Bertz CT molecular complexity index is 733. The number of hydrogen-bond acceptors (Lipinski definition) is 2. The van der Waals surface area contributed by atoms with Crippen molar-refractivity contribution in [2.24, 2.45) is 0 Å². The summed E-state index contributed by atoms with van der Waals surface area (Å²) >= 11 is 12.0. The highest BCUT2D eigenvalue weighted by Gasteiger charge is 2.38. The van der Waals surface area contributed by atoms with E-state index in [1.165, 1.54) is 4.90 Å². The number of imide groups is 1. The van der Waals surface area contributed by atoms with E-state index in [0.717, 1.165) is 4.90 Å². The Kier molecular flexibility index (Phi) is 3.57. The lowest BCUT2D eigenvalue weighted by atomic mass is 10.3. The predicted octanol–water partition coefficient (Wildman–Crippen LogP) is 3.97. The summed E-state index contributed by atoms with van der Waals surface area (Å²) in [5, 5.41) is 0.857. The van der Waals surface area contributed by atoms with Crippen molar-refractivity contribution in [3.05, 3.63) is 58.6 Å².